The van der Waals surface area contributed by atoms with Crippen LogP contribution in [0.3, 0.4) is 0 Å². The Morgan fingerprint density at radius 1 is 1.43 bits per heavy atom. The van der Waals surface area contributed by atoms with Crippen molar-refractivity contribution in [3.8, 4) is 0 Å². The summed E-state index contributed by atoms with van der Waals surface area (Å²) >= 11 is 1.65. The molecule has 1 fully saturated rings. The van der Waals surface area contributed by atoms with Gasteiger partial charge in [0.25, 0.3) is 0 Å². The molecule has 1 N–H and O–H groups in total. The minimum absolute atomic E-state index is 0.202. The molecule has 1 aliphatic heterocycles. The molecule has 1 atom stereocenters. The van der Waals surface area contributed by atoms with Crippen LogP contribution in [0.2, 0.25) is 0 Å². The highest BCUT2D eigenvalue weighted by molar-refractivity contribution is 7.12. The Balaban J connectivity index is 2.27. The van der Waals surface area contributed by atoms with Crippen molar-refractivity contribution in [3.05, 3.63) is 21.9 Å². The standard InChI is InChI=1S/C11H16O2S/c1-8-4-5-9(14-8)11(12)6-10(2,3)13-7-11/h4-5,12H,6-7H2,1-3H3. The molecule has 2 nitrogen and oxygen atoms in total. The van der Waals surface area contributed by atoms with Gasteiger partial charge in [-0.2, -0.15) is 0 Å². The smallest absolute Gasteiger partial charge is 0.125 e. The van der Waals surface area contributed by atoms with Crippen LogP contribution in [0.25, 0.3) is 0 Å². The van der Waals surface area contributed by atoms with E-state index in [-0.39, 0.29) is 5.60 Å². The first kappa shape index (κ1) is 10.1. The maximum atomic E-state index is 10.4. The van der Waals surface area contributed by atoms with E-state index in [0.29, 0.717) is 13.0 Å². The number of thiophene rings is 1. The lowest BCUT2D eigenvalue weighted by Gasteiger charge is -2.20. The molecule has 2 rings (SSSR count). The van der Waals surface area contributed by atoms with Gasteiger partial charge >= 0.3 is 0 Å². The van der Waals surface area contributed by atoms with E-state index in [0.717, 1.165) is 4.88 Å². The first-order chi connectivity index (χ1) is 6.41. The highest BCUT2D eigenvalue weighted by Crippen LogP contribution is 2.41. The van der Waals surface area contributed by atoms with Gasteiger partial charge in [0.2, 0.25) is 0 Å². The minimum Gasteiger partial charge on any atom is -0.382 e. The Morgan fingerprint density at radius 3 is 2.57 bits per heavy atom. The van der Waals surface area contributed by atoms with Gasteiger partial charge in [0.1, 0.15) is 5.60 Å². The van der Waals surface area contributed by atoms with E-state index in [1.807, 2.05) is 26.0 Å². The van der Waals surface area contributed by atoms with E-state index in [4.69, 9.17) is 4.74 Å². The predicted octanol–water partition coefficient (Wildman–Crippen LogP) is 2.44. The zero-order chi connectivity index (χ0) is 10.4. The van der Waals surface area contributed by atoms with Gasteiger partial charge in [0.05, 0.1) is 12.2 Å². The van der Waals surface area contributed by atoms with Gasteiger partial charge in [-0.1, -0.05) is 0 Å². The molecule has 78 valence electrons. The second-order valence-electron chi connectivity index (χ2n) is 4.67. The molecular weight excluding hydrogens is 196 g/mol. The minimum atomic E-state index is -0.761. The van der Waals surface area contributed by atoms with Crippen LogP contribution in [0.4, 0.5) is 0 Å². The average molecular weight is 212 g/mol. The third-order valence-electron chi connectivity index (χ3n) is 2.62. The van der Waals surface area contributed by atoms with Crippen molar-refractivity contribution in [2.45, 2.75) is 38.4 Å². The van der Waals surface area contributed by atoms with Crippen LogP contribution < -0.4 is 0 Å². The first-order valence-electron chi connectivity index (χ1n) is 4.85. The summed E-state index contributed by atoms with van der Waals surface area (Å²) < 4.78 is 5.58. The Kier molecular flexibility index (Phi) is 2.21. The van der Waals surface area contributed by atoms with Crippen molar-refractivity contribution < 1.29 is 9.84 Å². The van der Waals surface area contributed by atoms with Crippen molar-refractivity contribution in [1.82, 2.24) is 0 Å². The molecule has 1 aromatic rings. The second-order valence-corrected chi connectivity index (χ2v) is 5.95. The van der Waals surface area contributed by atoms with E-state index in [2.05, 4.69) is 6.92 Å². The third kappa shape index (κ3) is 1.72. The second kappa shape index (κ2) is 3.05. The van der Waals surface area contributed by atoms with Crippen LogP contribution in [0, 0.1) is 6.92 Å². The maximum absolute atomic E-state index is 10.4. The summed E-state index contributed by atoms with van der Waals surface area (Å²) in [6.45, 7) is 6.51. The van der Waals surface area contributed by atoms with Crippen molar-refractivity contribution >= 4 is 11.3 Å². The van der Waals surface area contributed by atoms with E-state index < -0.39 is 5.60 Å². The van der Waals surface area contributed by atoms with Crippen molar-refractivity contribution in [2.24, 2.45) is 0 Å². The Hall–Kier alpha value is -0.380. The molecule has 3 heteroatoms. The fourth-order valence-corrected chi connectivity index (χ4v) is 2.90. The topological polar surface area (TPSA) is 29.5 Å². The van der Waals surface area contributed by atoms with Crippen molar-refractivity contribution in [2.75, 3.05) is 6.61 Å². The molecule has 0 amide bonds. The van der Waals surface area contributed by atoms with Gasteiger partial charge in [-0.05, 0) is 32.9 Å². The molecule has 0 spiro atoms. The summed E-state index contributed by atoms with van der Waals surface area (Å²) in [7, 11) is 0. The quantitative estimate of drug-likeness (QED) is 0.774. The molecule has 0 aliphatic carbocycles. The van der Waals surface area contributed by atoms with Crippen LogP contribution in [0.1, 0.15) is 30.0 Å². The SMILES string of the molecule is Cc1ccc(C2(O)COC(C)(C)C2)s1. The molecular formula is C11H16O2S. The monoisotopic (exact) mass is 212 g/mol. The van der Waals surface area contributed by atoms with Crippen LogP contribution in [0.15, 0.2) is 12.1 Å². The van der Waals surface area contributed by atoms with Gasteiger partial charge in [-0.25, -0.2) is 0 Å². The number of hydrogen-bond donors (Lipinski definition) is 1. The zero-order valence-electron chi connectivity index (χ0n) is 8.83. The van der Waals surface area contributed by atoms with Gasteiger partial charge in [0, 0.05) is 16.2 Å². The summed E-state index contributed by atoms with van der Waals surface area (Å²) in [5.74, 6) is 0. The Labute approximate surface area is 88.5 Å². The van der Waals surface area contributed by atoms with Crippen LogP contribution in [-0.4, -0.2) is 17.3 Å². The van der Waals surface area contributed by atoms with Crippen LogP contribution in [0.5, 0.6) is 0 Å². The molecule has 0 radical (unpaired) electrons. The molecule has 1 unspecified atom stereocenters. The van der Waals surface area contributed by atoms with Gasteiger partial charge < -0.3 is 9.84 Å². The number of aryl methyl sites for hydroxylation is 1. The van der Waals surface area contributed by atoms with E-state index in [9.17, 15) is 5.11 Å². The highest BCUT2D eigenvalue weighted by atomic mass is 32.1. The number of aliphatic hydroxyl groups is 1. The first-order valence-corrected chi connectivity index (χ1v) is 5.66. The van der Waals surface area contributed by atoms with Gasteiger partial charge in [-0.15, -0.1) is 11.3 Å². The van der Waals surface area contributed by atoms with Crippen LogP contribution in [-0.2, 0) is 10.3 Å². The highest BCUT2D eigenvalue weighted by Gasteiger charge is 2.44. The summed E-state index contributed by atoms with van der Waals surface area (Å²) in [4.78, 5) is 2.26. The fourth-order valence-electron chi connectivity index (χ4n) is 1.96. The molecule has 0 bridgehead atoms. The molecule has 2 heterocycles. The normalized spacial score (nSPS) is 30.9. The van der Waals surface area contributed by atoms with Crippen molar-refractivity contribution in [1.29, 1.82) is 0 Å². The Bertz CT molecular complexity index is 343. The number of rotatable bonds is 1. The van der Waals surface area contributed by atoms with E-state index >= 15 is 0 Å². The number of ether oxygens (including phenoxy) is 1. The lowest BCUT2D eigenvalue weighted by Crippen LogP contribution is -2.26. The number of hydrogen-bond acceptors (Lipinski definition) is 3. The molecule has 0 saturated carbocycles. The molecule has 14 heavy (non-hydrogen) atoms. The maximum Gasteiger partial charge on any atom is 0.125 e. The lowest BCUT2D eigenvalue weighted by atomic mass is 9.92. The summed E-state index contributed by atoms with van der Waals surface area (Å²) in [5, 5.41) is 10.4. The lowest BCUT2D eigenvalue weighted by molar-refractivity contribution is 0.00524. The predicted molar refractivity (Wildman–Crippen MR) is 57.6 cm³/mol. The molecule has 1 saturated heterocycles. The van der Waals surface area contributed by atoms with Crippen molar-refractivity contribution in [3.63, 3.8) is 0 Å². The molecule has 1 aliphatic rings. The largest absolute Gasteiger partial charge is 0.382 e. The van der Waals surface area contributed by atoms with E-state index in [1.165, 1.54) is 4.88 Å². The van der Waals surface area contributed by atoms with Crippen LogP contribution >= 0.6 is 11.3 Å². The zero-order valence-corrected chi connectivity index (χ0v) is 9.65. The van der Waals surface area contributed by atoms with Gasteiger partial charge in [0.15, 0.2) is 0 Å². The average Bonchev–Trinajstić information content (AvgIpc) is 2.57. The van der Waals surface area contributed by atoms with E-state index in [1.54, 1.807) is 11.3 Å². The summed E-state index contributed by atoms with van der Waals surface area (Å²) in [6, 6.07) is 4.05. The van der Waals surface area contributed by atoms with Gasteiger partial charge in [-0.3, -0.25) is 0 Å². The fraction of sp³-hybridized carbons (Fsp3) is 0.636. The Morgan fingerprint density at radius 2 is 2.14 bits per heavy atom. The summed E-state index contributed by atoms with van der Waals surface area (Å²) in [5.41, 5.74) is -0.963. The third-order valence-corrected chi connectivity index (χ3v) is 3.81. The summed E-state index contributed by atoms with van der Waals surface area (Å²) in [6.07, 6.45) is 0.681. The molecule has 0 aromatic carbocycles. The molecule has 1 aromatic heterocycles.